The molecule has 2 aromatic carbocycles. The van der Waals surface area contributed by atoms with Gasteiger partial charge in [0.15, 0.2) is 0 Å². The molecule has 0 amide bonds. The summed E-state index contributed by atoms with van der Waals surface area (Å²) >= 11 is 7.26. The first-order chi connectivity index (χ1) is 11.5. The molecule has 24 heavy (non-hydrogen) atoms. The highest BCUT2D eigenvalue weighted by atomic mass is 79.9. The van der Waals surface area contributed by atoms with Crippen molar-refractivity contribution in [2.24, 2.45) is 0 Å². The molecule has 0 spiro atoms. The van der Waals surface area contributed by atoms with E-state index in [2.05, 4.69) is 31.9 Å². The second-order valence-electron chi connectivity index (χ2n) is 5.38. The van der Waals surface area contributed by atoms with Crippen LogP contribution in [0.1, 0.15) is 36.8 Å². The zero-order valence-electron chi connectivity index (χ0n) is 13.9. The predicted molar refractivity (Wildman–Crippen MR) is 103 cm³/mol. The normalized spacial score (nSPS) is 10.8. The summed E-state index contributed by atoms with van der Waals surface area (Å²) in [7, 11) is 3.27. The number of halogens is 2. The number of hydrogen-bond acceptors (Lipinski definition) is 3. The first-order valence-corrected chi connectivity index (χ1v) is 9.28. The maximum absolute atomic E-state index is 12.2. The second kappa shape index (κ2) is 8.67. The molecule has 0 N–H and O–H groups in total. The number of benzene rings is 2. The van der Waals surface area contributed by atoms with E-state index in [-0.39, 0.29) is 11.7 Å². The van der Waals surface area contributed by atoms with E-state index in [1.165, 1.54) is 0 Å². The van der Waals surface area contributed by atoms with E-state index in [4.69, 9.17) is 9.47 Å². The maximum atomic E-state index is 12.2. The van der Waals surface area contributed by atoms with Crippen LogP contribution in [0, 0.1) is 0 Å². The third-order valence-corrected chi connectivity index (χ3v) is 5.70. The highest BCUT2D eigenvalue weighted by Crippen LogP contribution is 2.42. The molecular weight excluding hydrogens is 436 g/mol. The van der Waals surface area contributed by atoms with Gasteiger partial charge >= 0.3 is 0 Å². The van der Waals surface area contributed by atoms with E-state index in [1.807, 2.05) is 43.3 Å². The molecule has 2 rings (SSSR count). The maximum Gasteiger partial charge on any atom is 0.133 e. The lowest BCUT2D eigenvalue weighted by Gasteiger charge is -2.22. The largest absolute Gasteiger partial charge is 0.496 e. The van der Waals surface area contributed by atoms with Crippen LogP contribution in [-0.2, 0) is 4.79 Å². The first kappa shape index (κ1) is 19.0. The van der Waals surface area contributed by atoms with Crippen molar-refractivity contribution in [3.8, 4) is 11.5 Å². The van der Waals surface area contributed by atoms with Crippen LogP contribution in [0.5, 0.6) is 11.5 Å². The van der Waals surface area contributed by atoms with Gasteiger partial charge in [0, 0.05) is 18.8 Å². The Morgan fingerprint density at radius 1 is 0.958 bits per heavy atom. The third kappa shape index (κ3) is 4.01. The number of ether oxygens (including phenoxy) is 2. The topological polar surface area (TPSA) is 35.5 Å². The van der Waals surface area contributed by atoms with E-state index in [9.17, 15) is 4.79 Å². The van der Waals surface area contributed by atoms with Gasteiger partial charge in [-0.2, -0.15) is 0 Å². The van der Waals surface area contributed by atoms with Crippen LogP contribution in [-0.4, -0.2) is 20.0 Å². The molecule has 5 heteroatoms. The van der Waals surface area contributed by atoms with Gasteiger partial charge in [0.25, 0.3) is 0 Å². The fourth-order valence-corrected chi connectivity index (χ4v) is 4.07. The van der Waals surface area contributed by atoms with E-state index < -0.39 is 0 Å². The Kier molecular flexibility index (Phi) is 6.87. The number of carbonyl (C=O) groups excluding carboxylic acids is 1. The number of ketones is 1. The van der Waals surface area contributed by atoms with Crippen molar-refractivity contribution in [1.29, 1.82) is 0 Å². The third-order valence-electron chi connectivity index (χ3n) is 4.00. The number of Topliss-reactive ketones (excluding diaryl/α,β-unsaturated/α-hetero) is 1. The van der Waals surface area contributed by atoms with Crippen LogP contribution < -0.4 is 9.47 Å². The summed E-state index contributed by atoms with van der Waals surface area (Å²) in [6, 6.07) is 11.7. The fourth-order valence-electron chi connectivity index (χ4n) is 2.67. The zero-order valence-corrected chi connectivity index (χ0v) is 17.1. The molecule has 0 unspecified atom stereocenters. The van der Waals surface area contributed by atoms with Crippen molar-refractivity contribution >= 4 is 37.6 Å². The molecular formula is C19H20Br2O3. The van der Waals surface area contributed by atoms with Gasteiger partial charge in [0.2, 0.25) is 0 Å². The first-order valence-electron chi connectivity index (χ1n) is 7.69. The lowest BCUT2D eigenvalue weighted by Crippen LogP contribution is -2.10. The number of carbonyl (C=O) groups is 1. The second-order valence-corrected chi connectivity index (χ2v) is 6.96. The van der Waals surface area contributed by atoms with Gasteiger partial charge in [-0.3, -0.25) is 4.79 Å². The molecule has 0 saturated carbocycles. The van der Waals surface area contributed by atoms with Crippen LogP contribution in [0.2, 0.25) is 0 Å². The Morgan fingerprint density at radius 2 is 1.42 bits per heavy atom. The van der Waals surface area contributed by atoms with Crippen LogP contribution in [0.4, 0.5) is 0 Å². The van der Waals surface area contributed by atoms with Gasteiger partial charge < -0.3 is 9.47 Å². The Morgan fingerprint density at radius 3 is 1.79 bits per heavy atom. The summed E-state index contributed by atoms with van der Waals surface area (Å²) in [5.74, 6) is 1.62. The zero-order chi connectivity index (χ0) is 17.7. The molecule has 0 saturated heterocycles. The summed E-state index contributed by atoms with van der Waals surface area (Å²) < 4.78 is 12.6. The molecule has 0 aliphatic heterocycles. The molecule has 128 valence electrons. The molecule has 0 bridgehead atoms. The van der Waals surface area contributed by atoms with Gasteiger partial charge in [0.05, 0.1) is 23.2 Å². The van der Waals surface area contributed by atoms with Gasteiger partial charge in [-0.05, 0) is 55.1 Å². The van der Waals surface area contributed by atoms with Crippen LogP contribution in [0.3, 0.4) is 0 Å². The standard InChI is InChI=1S/C19H20Br2O3/c1-4-12(22)11-15(13-7-5-9-16(23-2)18(13)20)14-8-6-10-17(24-3)19(14)21/h5-10,15H,4,11H2,1-3H3. The average molecular weight is 456 g/mol. The monoisotopic (exact) mass is 454 g/mol. The van der Waals surface area contributed by atoms with Crippen molar-refractivity contribution in [2.45, 2.75) is 25.7 Å². The number of methoxy groups -OCH3 is 2. The molecule has 0 fully saturated rings. The Balaban J connectivity index is 2.60. The molecule has 0 aliphatic carbocycles. The average Bonchev–Trinajstić information content (AvgIpc) is 2.60. The van der Waals surface area contributed by atoms with Crippen molar-refractivity contribution < 1.29 is 14.3 Å². The number of rotatable bonds is 7. The summed E-state index contributed by atoms with van der Waals surface area (Å²) in [6.07, 6.45) is 0.938. The minimum absolute atomic E-state index is 0.0913. The molecule has 0 heterocycles. The summed E-state index contributed by atoms with van der Waals surface area (Å²) in [5, 5.41) is 0. The fraction of sp³-hybridized carbons (Fsp3) is 0.316. The SMILES string of the molecule is CCC(=O)CC(c1cccc(OC)c1Br)c1cccc(OC)c1Br. The lowest BCUT2D eigenvalue weighted by atomic mass is 9.86. The Hall–Kier alpha value is -1.33. The van der Waals surface area contributed by atoms with E-state index in [0.29, 0.717) is 12.8 Å². The van der Waals surface area contributed by atoms with Crippen LogP contribution in [0.25, 0.3) is 0 Å². The Labute approximate surface area is 159 Å². The van der Waals surface area contributed by atoms with Crippen molar-refractivity contribution in [2.75, 3.05) is 14.2 Å². The Bertz CT molecular complexity index is 675. The van der Waals surface area contributed by atoms with Gasteiger partial charge in [-0.15, -0.1) is 0 Å². The summed E-state index contributed by atoms with van der Waals surface area (Å²) in [4.78, 5) is 12.2. The molecule has 0 radical (unpaired) electrons. The highest BCUT2D eigenvalue weighted by molar-refractivity contribution is 9.11. The van der Waals surface area contributed by atoms with E-state index in [1.54, 1.807) is 14.2 Å². The van der Waals surface area contributed by atoms with Gasteiger partial charge in [-0.1, -0.05) is 31.2 Å². The van der Waals surface area contributed by atoms with Crippen LogP contribution in [0.15, 0.2) is 45.3 Å². The van der Waals surface area contributed by atoms with Crippen molar-refractivity contribution in [1.82, 2.24) is 0 Å². The van der Waals surface area contributed by atoms with Gasteiger partial charge in [0.1, 0.15) is 17.3 Å². The van der Waals surface area contributed by atoms with Crippen LogP contribution >= 0.6 is 31.9 Å². The molecule has 0 aliphatic rings. The van der Waals surface area contributed by atoms with E-state index >= 15 is 0 Å². The minimum atomic E-state index is -0.0913. The van der Waals surface area contributed by atoms with E-state index in [0.717, 1.165) is 31.6 Å². The minimum Gasteiger partial charge on any atom is -0.496 e. The number of hydrogen-bond donors (Lipinski definition) is 0. The van der Waals surface area contributed by atoms with Crippen molar-refractivity contribution in [3.05, 3.63) is 56.5 Å². The molecule has 2 aromatic rings. The summed E-state index contributed by atoms with van der Waals surface area (Å²) in [6.45, 7) is 1.89. The van der Waals surface area contributed by atoms with Gasteiger partial charge in [-0.25, -0.2) is 0 Å². The molecule has 0 atom stereocenters. The summed E-state index contributed by atoms with van der Waals surface area (Å²) in [5.41, 5.74) is 2.04. The smallest absolute Gasteiger partial charge is 0.133 e. The van der Waals surface area contributed by atoms with Crippen molar-refractivity contribution in [3.63, 3.8) is 0 Å². The molecule has 3 nitrogen and oxygen atoms in total. The highest BCUT2D eigenvalue weighted by Gasteiger charge is 2.24. The predicted octanol–water partition coefficient (Wildman–Crippen LogP) is 5.73. The quantitative estimate of drug-likeness (QED) is 0.534. The lowest BCUT2D eigenvalue weighted by molar-refractivity contribution is -0.118. The molecule has 0 aromatic heterocycles.